The van der Waals surface area contributed by atoms with Gasteiger partial charge < -0.3 is 9.80 Å². The number of nitrogens with zero attached hydrogens (tertiary/aromatic N) is 6. The van der Waals surface area contributed by atoms with Gasteiger partial charge in [0.1, 0.15) is 5.82 Å². The summed E-state index contributed by atoms with van der Waals surface area (Å²) in [7, 11) is 0. The fourth-order valence-corrected chi connectivity index (χ4v) is 4.15. The maximum absolute atomic E-state index is 13.8. The van der Waals surface area contributed by atoms with Gasteiger partial charge in [0.15, 0.2) is 11.4 Å². The molecule has 2 aromatic rings. The Hall–Kier alpha value is -3.69. The van der Waals surface area contributed by atoms with Crippen LogP contribution in [-0.4, -0.2) is 56.2 Å². The lowest BCUT2D eigenvalue weighted by Gasteiger charge is -2.26. The molecule has 3 rings (SSSR count). The normalized spacial score (nSPS) is 17.8. The van der Waals surface area contributed by atoms with Crippen molar-refractivity contribution in [2.45, 2.75) is 46.3 Å². The average molecular weight is 501 g/mol. The number of halogens is 3. The summed E-state index contributed by atoms with van der Waals surface area (Å²) in [5.41, 5.74) is 1.85. The van der Waals surface area contributed by atoms with Crippen LogP contribution < -0.4 is 4.90 Å². The van der Waals surface area contributed by atoms with Crippen molar-refractivity contribution in [2.75, 3.05) is 24.5 Å². The molecule has 1 atom stereocenters. The van der Waals surface area contributed by atoms with Crippen molar-refractivity contribution in [3.05, 3.63) is 72.0 Å². The second kappa shape index (κ2) is 11.4. The molecule has 10 heteroatoms. The Kier molecular flexibility index (Phi) is 8.49. The molecule has 0 radical (unpaired) electrons. The molecule has 2 aromatic heterocycles. The van der Waals surface area contributed by atoms with Crippen LogP contribution in [0.1, 0.15) is 54.6 Å². The van der Waals surface area contributed by atoms with Gasteiger partial charge in [0, 0.05) is 43.1 Å². The molecule has 1 fully saturated rings. The van der Waals surface area contributed by atoms with E-state index in [-0.39, 0.29) is 11.9 Å². The molecule has 1 amide bonds. The molecule has 192 valence electrons. The third-order valence-corrected chi connectivity index (χ3v) is 6.10. The first-order valence-corrected chi connectivity index (χ1v) is 11.7. The van der Waals surface area contributed by atoms with E-state index in [2.05, 4.69) is 21.6 Å². The van der Waals surface area contributed by atoms with Gasteiger partial charge in [-0.3, -0.25) is 4.79 Å². The predicted molar refractivity (Wildman–Crippen MR) is 135 cm³/mol. The Morgan fingerprint density at radius 3 is 2.53 bits per heavy atom. The molecule has 1 saturated heterocycles. The lowest BCUT2D eigenvalue weighted by atomic mass is 10.0. The number of alkyl halides is 3. The summed E-state index contributed by atoms with van der Waals surface area (Å²) in [6.07, 6.45) is 8.88. The molecule has 36 heavy (non-hydrogen) atoms. The Bertz CT molecular complexity index is 1180. The minimum Gasteiger partial charge on any atom is -0.353 e. The molecule has 1 aliphatic heterocycles. The van der Waals surface area contributed by atoms with Crippen LogP contribution in [0.2, 0.25) is 0 Å². The van der Waals surface area contributed by atoms with Crippen LogP contribution in [0.3, 0.4) is 0 Å². The smallest absolute Gasteiger partial charge is 0.353 e. The van der Waals surface area contributed by atoms with Crippen LogP contribution >= 0.6 is 0 Å². The fraction of sp³-hybridized carbons (Fsp3) is 0.385. The van der Waals surface area contributed by atoms with E-state index in [1.165, 1.54) is 0 Å². The highest BCUT2D eigenvalue weighted by Crippen LogP contribution is 2.29. The summed E-state index contributed by atoms with van der Waals surface area (Å²) < 4.78 is 40.2. The number of carbonyl (C=O) groups is 1. The Morgan fingerprint density at radius 1 is 1.17 bits per heavy atom. The first-order chi connectivity index (χ1) is 17.1. The van der Waals surface area contributed by atoms with Crippen LogP contribution in [0.15, 0.2) is 49.4 Å². The Balaban J connectivity index is 1.88. The Morgan fingerprint density at radius 2 is 1.92 bits per heavy atom. The van der Waals surface area contributed by atoms with Gasteiger partial charge in [-0.25, -0.2) is 14.6 Å². The van der Waals surface area contributed by atoms with E-state index in [0.29, 0.717) is 37.6 Å². The minimum absolute atomic E-state index is 0.102. The molecule has 0 N–H and O–H groups in total. The molecule has 0 spiro atoms. The highest BCUT2D eigenvalue weighted by Gasteiger charge is 2.34. The lowest BCUT2D eigenvalue weighted by Crippen LogP contribution is -2.40. The number of carbonyl (C=O) groups excluding carboxylic acids is 1. The van der Waals surface area contributed by atoms with Crippen molar-refractivity contribution >= 4 is 23.5 Å². The molecule has 0 bridgehead atoms. The summed E-state index contributed by atoms with van der Waals surface area (Å²) in [6.45, 7) is 12.7. The second-order valence-corrected chi connectivity index (χ2v) is 8.59. The van der Waals surface area contributed by atoms with Gasteiger partial charge in [0.25, 0.3) is 5.91 Å². The maximum Gasteiger partial charge on any atom is 0.434 e. The van der Waals surface area contributed by atoms with Crippen LogP contribution in [0, 0.1) is 6.92 Å². The quantitative estimate of drug-likeness (QED) is 0.499. The van der Waals surface area contributed by atoms with Gasteiger partial charge in [-0.2, -0.15) is 18.3 Å². The van der Waals surface area contributed by atoms with Crippen molar-refractivity contribution < 1.29 is 18.0 Å². The van der Waals surface area contributed by atoms with Crippen LogP contribution in [-0.2, 0) is 6.18 Å². The summed E-state index contributed by atoms with van der Waals surface area (Å²) in [5.74, 6) is 0.163. The summed E-state index contributed by atoms with van der Waals surface area (Å²) in [4.78, 5) is 24.9. The number of amides is 1. The van der Waals surface area contributed by atoms with Crippen LogP contribution in [0.25, 0.3) is 11.8 Å². The zero-order chi connectivity index (χ0) is 26.5. The van der Waals surface area contributed by atoms with Gasteiger partial charge in [0.2, 0.25) is 0 Å². The van der Waals surface area contributed by atoms with E-state index in [4.69, 9.17) is 0 Å². The van der Waals surface area contributed by atoms with Crippen molar-refractivity contribution in [3.8, 4) is 0 Å². The van der Waals surface area contributed by atoms with Gasteiger partial charge in [0.05, 0.1) is 12.4 Å². The van der Waals surface area contributed by atoms with Gasteiger partial charge in [-0.15, -0.1) is 0 Å². The van der Waals surface area contributed by atoms with Crippen molar-refractivity contribution in [1.82, 2.24) is 24.6 Å². The van der Waals surface area contributed by atoms with E-state index in [9.17, 15) is 18.0 Å². The molecular weight excluding hydrogens is 469 g/mol. The number of aromatic nitrogens is 4. The standard InChI is InChI=1S/C26H31F3N6O/c1-6-8-9-10-18(3)23-20(5)35(12-7-2)32-24(23)25(36)34-15-14-33(13-11-19(34)4)22-17-30-21(16-31-22)26(27,28)29/h6-10,12,16-17,19H,1,11,13-15H2,2-5H3/b9-8-,12-7-,18-10+/t19-/m1/s1. The Labute approximate surface area is 209 Å². The molecule has 0 aromatic carbocycles. The van der Waals surface area contributed by atoms with Gasteiger partial charge >= 0.3 is 6.18 Å². The number of anilines is 1. The number of rotatable bonds is 6. The molecule has 0 unspecified atom stereocenters. The van der Waals surface area contributed by atoms with E-state index in [1.807, 2.05) is 56.9 Å². The number of hydrogen-bond acceptors (Lipinski definition) is 5. The minimum atomic E-state index is -4.54. The second-order valence-electron chi connectivity index (χ2n) is 8.59. The van der Waals surface area contributed by atoms with E-state index >= 15 is 0 Å². The highest BCUT2D eigenvalue weighted by atomic mass is 19.4. The summed E-state index contributed by atoms with van der Waals surface area (Å²) in [5, 5.41) is 4.61. The lowest BCUT2D eigenvalue weighted by molar-refractivity contribution is -0.141. The first kappa shape index (κ1) is 26.9. The topological polar surface area (TPSA) is 67.2 Å². The summed E-state index contributed by atoms with van der Waals surface area (Å²) in [6, 6.07) is -0.102. The molecule has 0 saturated carbocycles. The molecule has 1 aliphatic rings. The largest absolute Gasteiger partial charge is 0.434 e. The van der Waals surface area contributed by atoms with Gasteiger partial charge in [-0.05, 0) is 39.7 Å². The molecule has 7 nitrogen and oxygen atoms in total. The van der Waals surface area contributed by atoms with E-state index < -0.39 is 11.9 Å². The van der Waals surface area contributed by atoms with Crippen molar-refractivity contribution in [2.24, 2.45) is 0 Å². The molecule has 0 aliphatic carbocycles. The summed E-state index contributed by atoms with van der Waals surface area (Å²) >= 11 is 0. The zero-order valence-electron chi connectivity index (χ0n) is 21.0. The number of hydrogen-bond donors (Lipinski definition) is 0. The zero-order valence-corrected chi connectivity index (χ0v) is 21.0. The van der Waals surface area contributed by atoms with Crippen molar-refractivity contribution in [3.63, 3.8) is 0 Å². The van der Waals surface area contributed by atoms with E-state index in [0.717, 1.165) is 29.2 Å². The maximum atomic E-state index is 13.8. The van der Waals surface area contributed by atoms with Crippen LogP contribution in [0.5, 0.6) is 0 Å². The third kappa shape index (κ3) is 5.92. The monoisotopic (exact) mass is 500 g/mol. The van der Waals surface area contributed by atoms with Crippen LogP contribution in [0.4, 0.5) is 19.0 Å². The third-order valence-electron chi connectivity index (χ3n) is 6.10. The van der Waals surface area contributed by atoms with Crippen molar-refractivity contribution in [1.29, 1.82) is 0 Å². The fourth-order valence-electron chi connectivity index (χ4n) is 4.15. The van der Waals surface area contributed by atoms with Gasteiger partial charge in [-0.1, -0.05) is 37.0 Å². The highest BCUT2D eigenvalue weighted by molar-refractivity contribution is 5.98. The molecular formula is C26H31F3N6O. The average Bonchev–Trinajstić information content (AvgIpc) is 3.03. The predicted octanol–water partition coefficient (Wildman–Crippen LogP) is 5.38. The van der Waals surface area contributed by atoms with E-state index in [1.54, 1.807) is 21.9 Å². The first-order valence-electron chi connectivity index (χ1n) is 11.7. The number of allylic oxidation sites excluding steroid dienone is 6. The SMILES string of the molecule is C=C/C=C\C=C(/C)c1c(C(=O)N2CCN(c3cnc(C(F)(F)F)cn3)CC[C@H]2C)nn(/C=C\C)c1C. The molecule has 3 heterocycles.